The highest BCUT2D eigenvalue weighted by Gasteiger charge is 2.37. The zero-order valence-corrected chi connectivity index (χ0v) is 13.0. The molecule has 4 rings (SSSR count). The maximum atomic E-state index is 12.2. The zero-order chi connectivity index (χ0) is 15.3. The highest BCUT2D eigenvalue weighted by Crippen LogP contribution is 2.37. The summed E-state index contributed by atoms with van der Waals surface area (Å²) in [4.78, 5) is 2.40. The molecule has 0 radical (unpaired) electrons. The fraction of sp³-hybridized carbons (Fsp3) is 0.333. The Hall–Kier alpha value is -2.15. The van der Waals surface area contributed by atoms with Crippen molar-refractivity contribution in [1.29, 1.82) is 0 Å². The summed E-state index contributed by atoms with van der Waals surface area (Å²) in [5.41, 5.74) is 1.81. The Labute approximate surface area is 129 Å². The van der Waals surface area contributed by atoms with Crippen LogP contribution in [0.1, 0.15) is 30.0 Å². The molecule has 2 aliphatic rings. The second-order valence-corrected chi connectivity index (χ2v) is 7.26. The first-order chi connectivity index (χ1) is 10.6. The molecular formula is C15H16N4O2S. The average Bonchev–Trinajstić information content (AvgIpc) is 3.17. The van der Waals surface area contributed by atoms with Crippen molar-refractivity contribution in [2.75, 3.05) is 6.54 Å². The predicted molar refractivity (Wildman–Crippen MR) is 82.1 cm³/mol. The molecule has 6 nitrogen and oxygen atoms in total. The third-order valence-corrected chi connectivity index (χ3v) is 5.57. The summed E-state index contributed by atoms with van der Waals surface area (Å²) in [6.45, 7) is 0.808. The van der Waals surface area contributed by atoms with Crippen LogP contribution in [0.15, 0.2) is 46.0 Å². The summed E-state index contributed by atoms with van der Waals surface area (Å²) in [5, 5.41) is 4.23. The lowest BCUT2D eigenvalue weighted by molar-refractivity contribution is 0.401. The van der Waals surface area contributed by atoms with Gasteiger partial charge in [-0.25, -0.2) is 0 Å². The Morgan fingerprint density at radius 1 is 1.27 bits per heavy atom. The summed E-state index contributed by atoms with van der Waals surface area (Å²) in [5.74, 6) is 0.571. The normalized spacial score (nSPS) is 22.7. The summed E-state index contributed by atoms with van der Waals surface area (Å²) >= 11 is 0. The number of fused-ring (bicyclic) bond motifs is 1. The molecule has 2 aliphatic heterocycles. The maximum Gasteiger partial charge on any atom is 0.285 e. The second-order valence-electron chi connectivity index (χ2n) is 5.68. The lowest BCUT2D eigenvalue weighted by atomic mass is 10.1. The molecule has 7 heteroatoms. The van der Waals surface area contributed by atoms with E-state index in [0.29, 0.717) is 16.3 Å². The van der Waals surface area contributed by atoms with E-state index in [1.165, 1.54) is 0 Å². The van der Waals surface area contributed by atoms with Crippen molar-refractivity contribution in [3.63, 3.8) is 0 Å². The Morgan fingerprint density at radius 3 is 2.86 bits per heavy atom. The number of aryl methyl sites for hydroxylation is 1. The number of sulfonamides is 1. The number of aromatic nitrogens is 2. The van der Waals surface area contributed by atoms with Gasteiger partial charge in [-0.05, 0) is 25.0 Å². The van der Waals surface area contributed by atoms with Gasteiger partial charge in [0, 0.05) is 30.9 Å². The van der Waals surface area contributed by atoms with E-state index in [-0.39, 0.29) is 6.04 Å². The summed E-state index contributed by atoms with van der Waals surface area (Å²) in [7, 11) is -1.68. The van der Waals surface area contributed by atoms with Gasteiger partial charge in [-0.1, -0.05) is 12.1 Å². The van der Waals surface area contributed by atoms with E-state index >= 15 is 0 Å². The lowest BCUT2D eigenvalue weighted by Crippen LogP contribution is -2.30. The molecule has 0 saturated carbocycles. The molecule has 114 valence electrons. The highest BCUT2D eigenvalue weighted by molar-refractivity contribution is 7.90. The molecule has 1 unspecified atom stereocenters. The molecule has 1 saturated heterocycles. The predicted octanol–water partition coefficient (Wildman–Crippen LogP) is 1.71. The first-order valence-corrected chi connectivity index (χ1v) is 8.70. The van der Waals surface area contributed by atoms with E-state index in [9.17, 15) is 8.42 Å². The summed E-state index contributed by atoms with van der Waals surface area (Å²) in [6, 6.07) is 7.17. The van der Waals surface area contributed by atoms with Crippen LogP contribution < -0.4 is 0 Å². The Balaban J connectivity index is 1.79. The molecule has 2 aromatic rings. The molecule has 1 aromatic heterocycles. The maximum absolute atomic E-state index is 12.2. The van der Waals surface area contributed by atoms with E-state index in [4.69, 9.17) is 0 Å². The van der Waals surface area contributed by atoms with Gasteiger partial charge in [0.1, 0.15) is 4.90 Å². The third-order valence-electron chi connectivity index (χ3n) is 4.25. The topological polar surface area (TPSA) is 67.6 Å². The number of hydrogen-bond acceptors (Lipinski definition) is 4. The van der Waals surface area contributed by atoms with Crippen LogP contribution >= 0.6 is 0 Å². The van der Waals surface area contributed by atoms with Crippen molar-refractivity contribution in [3.8, 4) is 0 Å². The summed E-state index contributed by atoms with van der Waals surface area (Å²) in [6.07, 6.45) is 5.82. The molecule has 0 aliphatic carbocycles. The van der Waals surface area contributed by atoms with Gasteiger partial charge in [-0.2, -0.15) is 13.5 Å². The fourth-order valence-corrected chi connectivity index (χ4v) is 4.49. The van der Waals surface area contributed by atoms with Gasteiger partial charge in [0.2, 0.25) is 0 Å². The lowest BCUT2D eigenvalue weighted by Gasteiger charge is -2.25. The zero-order valence-electron chi connectivity index (χ0n) is 12.2. The van der Waals surface area contributed by atoms with Crippen LogP contribution in [-0.2, 0) is 17.1 Å². The fourth-order valence-electron chi connectivity index (χ4n) is 3.27. The molecule has 1 aromatic carbocycles. The van der Waals surface area contributed by atoms with Crippen LogP contribution in [0.3, 0.4) is 0 Å². The van der Waals surface area contributed by atoms with Crippen LogP contribution in [0, 0.1) is 0 Å². The van der Waals surface area contributed by atoms with Crippen LogP contribution in [0.25, 0.3) is 0 Å². The number of nitrogens with zero attached hydrogens (tertiary/aromatic N) is 4. The molecule has 22 heavy (non-hydrogen) atoms. The van der Waals surface area contributed by atoms with Gasteiger partial charge in [-0.3, -0.25) is 4.68 Å². The van der Waals surface area contributed by atoms with E-state index in [2.05, 4.69) is 14.4 Å². The van der Waals surface area contributed by atoms with Crippen molar-refractivity contribution in [2.45, 2.75) is 23.8 Å². The number of rotatable bonds is 1. The van der Waals surface area contributed by atoms with Crippen LogP contribution in [-0.4, -0.2) is 35.5 Å². The van der Waals surface area contributed by atoms with Crippen LogP contribution in [0.2, 0.25) is 0 Å². The van der Waals surface area contributed by atoms with Gasteiger partial charge in [0.05, 0.1) is 12.2 Å². The van der Waals surface area contributed by atoms with Crippen molar-refractivity contribution in [1.82, 2.24) is 14.7 Å². The number of likely N-dealkylation sites (tertiary alicyclic amines) is 1. The molecule has 1 fully saturated rings. The highest BCUT2D eigenvalue weighted by atomic mass is 32.2. The van der Waals surface area contributed by atoms with Crippen molar-refractivity contribution in [3.05, 3.63) is 47.8 Å². The first kappa shape index (κ1) is 13.5. The van der Waals surface area contributed by atoms with Gasteiger partial charge < -0.3 is 4.90 Å². The van der Waals surface area contributed by atoms with Crippen molar-refractivity contribution >= 4 is 15.9 Å². The summed E-state index contributed by atoms with van der Waals surface area (Å²) < 4.78 is 30.3. The minimum Gasteiger partial charge on any atom is -0.348 e. The van der Waals surface area contributed by atoms with Crippen LogP contribution in [0.5, 0.6) is 0 Å². The van der Waals surface area contributed by atoms with Gasteiger partial charge in [0.25, 0.3) is 10.0 Å². The second kappa shape index (κ2) is 4.67. The Bertz CT molecular complexity index is 869. The van der Waals surface area contributed by atoms with Gasteiger partial charge in [-0.15, -0.1) is 4.40 Å². The van der Waals surface area contributed by atoms with E-state index < -0.39 is 10.0 Å². The van der Waals surface area contributed by atoms with E-state index in [0.717, 1.165) is 24.9 Å². The number of benzene rings is 1. The molecule has 0 N–H and O–H groups in total. The van der Waals surface area contributed by atoms with Crippen molar-refractivity contribution < 1.29 is 8.42 Å². The molecule has 1 atom stereocenters. The average molecular weight is 316 g/mol. The minimum absolute atomic E-state index is 0.133. The first-order valence-electron chi connectivity index (χ1n) is 7.26. The van der Waals surface area contributed by atoms with Crippen molar-refractivity contribution in [2.24, 2.45) is 11.4 Å². The standard InChI is InChI=1S/C15H16N4O2S/c1-18-10-11(9-16-18)13-6-4-8-19(13)15-12-5-2-3-7-14(12)22(20,21)17-15/h2-3,5,7,9-10,13H,4,6,8H2,1H3. The number of hydrogen-bond donors (Lipinski definition) is 0. The van der Waals surface area contributed by atoms with E-state index in [1.54, 1.807) is 16.8 Å². The number of amidine groups is 1. The Morgan fingerprint density at radius 2 is 2.09 bits per heavy atom. The van der Waals surface area contributed by atoms with E-state index in [1.807, 2.05) is 31.6 Å². The molecular weight excluding hydrogens is 300 g/mol. The largest absolute Gasteiger partial charge is 0.348 e. The van der Waals surface area contributed by atoms with Gasteiger partial charge >= 0.3 is 0 Å². The Kier molecular flexibility index (Phi) is 2.87. The molecule has 0 bridgehead atoms. The smallest absolute Gasteiger partial charge is 0.285 e. The van der Waals surface area contributed by atoms with Gasteiger partial charge in [0.15, 0.2) is 5.84 Å². The minimum atomic E-state index is -3.57. The molecule has 0 amide bonds. The molecule has 3 heterocycles. The SMILES string of the molecule is Cn1cc(C2CCCN2C2=NS(=O)(=O)c3ccccc32)cn1. The quantitative estimate of drug-likeness (QED) is 0.803. The monoisotopic (exact) mass is 316 g/mol. The third kappa shape index (κ3) is 1.96. The molecule has 0 spiro atoms. The van der Waals surface area contributed by atoms with Crippen LogP contribution in [0.4, 0.5) is 0 Å².